The first-order valence-corrected chi connectivity index (χ1v) is 14.3. The first kappa shape index (κ1) is 29.6. The Morgan fingerprint density at radius 2 is 1.27 bits per heavy atom. The van der Waals surface area contributed by atoms with Crippen LogP contribution < -0.4 is 0 Å². The number of hydrogen-bond acceptors (Lipinski definition) is 9. The molecule has 2 bridgehead atoms. The van der Waals surface area contributed by atoms with Gasteiger partial charge in [-0.3, -0.25) is 0 Å². The summed E-state index contributed by atoms with van der Waals surface area (Å²) in [5, 5.41) is 22.0. The summed E-state index contributed by atoms with van der Waals surface area (Å²) in [4.78, 5) is 0. The van der Waals surface area contributed by atoms with Crippen LogP contribution in [0, 0.1) is 0 Å². The maximum atomic E-state index is 11.3. The highest BCUT2D eigenvalue weighted by atomic mass is 16.7. The second kappa shape index (κ2) is 14.3. The highest BCUT2D eigenvalue weighted by molar-refractivity contribution is 5.14. The van der Waals surface area contributed by atoms with Gasteiger partial charge in [0.15, 0.2) is 11.6 Å². The highest BCUT2D eigenvalue weighted by Gasteiger charge is 2.56. The average molecular weight is 559 g/mol. The van der Waals surface area contributed by atoms with Crippen LogP contribution in [0.25, 0.3) is 0 Å². The van der Waals surface area contributed by atoms with Gasteiger partial charge < -0.3 is 43.4 Å². The molecule has 0 amide bonds. The lowest BCUT2D eigenvalue weighted by Gasteiger charge is -2.55. The Balaban J connectivity index is 1.01. The Kier molecular flexibility index (Phi) is 10.6. The predicted molar refractivity (Wildman–Crippen MR) is 145 cm³/mol. The van der Waals surface area contributed by atoms with Gasteiger partial charge in [0, 0.05) is 19.3 Å². The van der Waals surface area contributed by atoms with E-state index in [2.05, 4.69) is 0 Å². The third-order valence-corrected chi connectivity index (χ3v) is 7.57. The third-order valence-electron chi connectivity index (χ3n) is 7.57. The fraction of sp³-hybridized carbons (Fsp3) is 0.613. The lowest BCUT2D eigenvalue weighted by molar-refractivity contribution is -0.411. The summed E-state index contributed by atoms with van der Waals surface area (Å²) in [5.74, 6) is -2.43. The Labute approximate surface area is 236 Å². The van der Waals surface area contributed by atoms with Gasteiger partial charge in [0.25, 0.3) is 0 Å². The van der Waals surface area contributed by atoms with Crippen LogP contribution in [0.3, 0.4) is 0 Å². The highest BCUT2D eigenvalue weighted by Crippen LogP contribution is 2.48. The lowest BCUT2D eigenvalue weighted by atomic mass is 9.84. The molecule has 9 nitrogen and oxygen atoms in total. The molecule has 40 heavy (non-hydrogen) atoms. The monoisotopic (exact) mass is 558 g/mol. The maximum Gasteiger partial charge on any atom is 0.176 e. The average Bonchev–Trinajstić information content (AvgIpc) is 2.92. The van der Waals surface area contributed by atoms with Crippen LogP contribution in [-0.2, 0) is 46.4 Å². The van der Waals surface area contributed by atoms with Gasteiger partial charge in [0.05, 0.1) is 57.3 Å². The van der Waals surface area contributed by atoms with E-state index in [-0.39, 0.29) is 38.3 Å². The number of hydrogen-bond donors (Lipinski definition) is 2. The molecule has 6 atom stereocenters. The van der Waals surface area contributed by atoms with Gasteiger partial charge in [0.2, 0.25) is 0 Å². The van der Waals surface area contributed by atoms with Crippen molar-refractivity contribution in [3.05, 3.63) is 71.8 Å². The molecule has 1 spiro atoms. The van der Waals surface area contributed by atoms with Gasteiger partial charge in [-0.2, -0.15) is 0 Å². The smallest absolute Gasteiger partial charge is 0.176 e. The maximum absolute atomic E-state index is 11.3. The molecule has 0 unspecified atom stereocenters. The molecule has 2 N–H and O–H groups in total. The van der Waals surface area contributed by atoms with Crippen molar-refractivity contribution >= 4 is 0 Å². The zero-order valence-electron chi connectivity index (χ0n) is 23.0. The van der Waals surface area contributed by atoms with Gasteiger partial charge in [-0.15, -0.1) is 0 Å². The van der Waals surface area contributed by atoms with Crippen LogP contribution in [0.15, 0.2) is 60.7 Å². The van der Waals surface area contributed by atoms with Crippen LogP contribution >= 0.6 is 0 Å². The van der Waals surface area contributed by atoms with Crippen LogP contribution in [0.5, 0.6) is 0 Å². The SMILES string of the molecule is O[C@H]1C[C@@H](CCOCOCc2ccccc2)O[C@]2(C1)C[C@@]1(O)C[C@H](C[C@@H](CCOCOCc3ccccc3)O1)O2. The largest absolute Gasteiger partial charge is 0.393 e. The molecule has 0 aliphatic carbocycles. The minimum absolute atomic E-state index is 0.155. The third kappa shape index (κ3) is 8.79. The summed E-state index contributed by atoms with van der Waals surface area (Å²) < 4.78 is 41.3. The van der Waals surface area contributed by atoms with Crippen LogP contribution in [0.4, 0.5) is 0 Å². The molecule has 2 aromatic carbocycles. The van der Waals surface area contributed by atoms with Gasteiger partial charge in [-0.25, -0.2) is 0 Å². The Bertz CT molecular complexity index is 1010. The van der Waals surface area contributed by atoms with Gasteiger partial charge in [0.1, 0.15) is 13.6 Å². The van der Waals surface area contributed by atoms with E-state index in [0.717, 1.165) is 11.1 Å². The summed E-state index contributed by atoms with van der Waals surface area (Å²) in [7, 11) is 0. The van der Waals surface area contributed by atoms with Crippen molar-refractivity contribution in [2.24, 2.45) is 0 Å². The number of fused-ring (bicyclic) bond motifs is 2. The molecule has 0 radical (unpaired) electrons. The first-order chi connectivity index (χ1) is 19.5. The van der Waals surface area contributed by atoms with E-state index in [9.17, 15) is 10.2 Å². The van der Waals surface area contributed by atoms with Crippen molar-refractivity contribution in [2.45, 2.75) is 94.1 Å². The van der Waals surface area contributed by atoms with Crippen molar-refractivity contribution in [3.63, 3.8) is 0 Å². The number of rotatable bonds is 14. The zero-order valence-corrected chi connectivity index (χ0v) is 23.0. The number of aliphatic hydroxyl groups excluding tert-OH is 1. The van der Waals surface area contributed by atoms with E-state index < -0.39 is 17.7 Å². The molecular weight excluding hydrogens is 516 g/mol. The fourth-order valence-electron chi connectivity index (χ4n) is 5.93. The van der Waals surface area contributed by atoms with Gasteiger partial charge in [-0.1, -0.05) is 60.7 Å². The minimum Gasteiger partial charge on any atom is -0.393 e. The molecule has 220 valence electrons. The molecule has 2 aromatic rings. The summed E-state index contributed by atoms with van der Waals surface area (Å²) >= 11 is 0. The first-order valence-electron chi connectivity index (χ1n) is 14.3. The van der Waals surface area contributed by atoms with Crippen molar-refractivity contribution in [3.8, 4) is 0 Å². The van der Waals surface area contributed by atoms with E-state index in [1.807, 2.05) is 60.7 Å². The van der Waals surface area contributed by atoms with E-state index in [4.69, 9.17) is 33.2 Å². The number of ether oxygens (including phenoxy) is 7. The van der Waals surface area contributed by atoms with Crippen LogP contribution in [0.2, 0.25) is 0 Å². The quantitative estimate of drug-likeness (QED) is 0.263. The molecule has 5 rings (SSSR count). The van der Waals surface area contributed by atoms with Crippen molar-refractivity contribution in [1.82, 2.24) is 0 Å². The standard InChI is InChI=1S/C31H42O9/c32-26-15-27(11-13-34-22-36-19-24-7-3-1-4-8-24)39-31(17-26)21-30(33)18-29(40-31)16-28(38-30)12-14-35-23-37-20-25-9-5-2-6-10-25/h1-10,26-29,32-33H,11-23H2/t26-,27+,28+,29-,30+,31-/m0/s1. The molecule has 9 heteroatoms. The molecule has 3 aliphatic rings. The summed E-state index contributed by atoms with van der Waals surface area (Å²) in [5.41, 5.74) is 2.19. The Morgan fingerprint density at radius 1 is 0.700 bits per heavy atom. The normalized spacial score (nSPS) is 31.9. The summed E-state index contributed by atoms with van der Waals surface area (Å²) in [6, 6.07) is 19.9. The van der Waals surface area contributed by atoms with Crippen molar-refractivity contribution in [2.75, 3.05) is 26.8 Å². The van der Waals surface area contributed by atoms with E-state index in [0.29, 0.717) is 65.0 Å². The molecule has 0 saturated carbocycles. The summed E-state index contributed by atoms with van der Waals surface area (Å²) in [6.45, 7) is 2.27. The second-order valence-corrected chi connectivity index (χ2v) is 11.1. The molecular formula is C31H42O9. The Hall–Kier alpha value is -1.92. The van der Waals surface area contributed by atoms with Crippen LogP contribution in [-0.4, -0.2) is 73.0 Å². The predicted octanol–water partition coefficient (Wildman–Crippen LogP) is 4.04. The molecule has 3 fully saturated rings. The summed E-state index contributed by atoms with van der Waals surface area (Å²) in [6.07, 6.45) is 1.94. The van der Waals surface area contributed by atoms with Gasteiger partial charge >= 0.3 is 0 Å². The van der Waals surface area contributed by atoms with E-state index >= 15 is 0 Å². The molecule has 3 aliphatic heterocycles. The van der Waals surface area contributed by atoms with E-state index in [1.165, 1.54) is 0 Å². The Morgan fingerprint density at radius 3 is 1.85 bits per heavy atom. The second-order valence-electron chi connectivity index (χ2n) is 11.1. The lowest BCUT2D eigenvalue weighted by Crippen LogP contribution is -2.62. The van der Waals surface area contributed by atoms with Crippen molar-refractivity contribution < 1.29 is 43.4 Å². The molecule has 3 saturated heterocycles. The molecule has 0 aromatic heterocycles. The fourth-order valence-corrected chi connectivity index (χ4v) is 5.93. The van der Waals surface area contributed by atoms with E-state index in [1.54, 1.807) is 0 Å². The minimum atomic E-state index is -1.36. The topological polar surface area (TPSA) is 105 Å². The van der Waals surface area contributed by atoms with Gasteiger partial charge in [-0.05, 0) is 30.4 Å². The number of benzene rings is 2. The number of aliphatic hydroxyl groups is 2. The van der Waals surface area contributed by atoms with Crippen LogP contribution in [0.1, 0.15) is 56.1 Å². The van der Waals surface area contributed by atoms with Crippen molar-refractivity contribution in [1.29, 1.82) is 0 Å². The molecule has 3 heterocycles. The zero-order chi connectivity index (χ0) is 27.7.